The average molecular weight is 607 g/mol. The van der Waals surface area contributed by atoms with E-state index in [1.165, 1.54) is 44.9 Å². The van der Waals surface area contributed by atoms with Crippen molar-refractivity contribution in [3.8, 4) is 0 Å². The highest BCUT2D eigenvalue weighted by molar-refractivity contribution is 6.41. The van der Waals surface area contributed by atoms with E-state index in [4.69, 9.17) is 4.84 Å². The lowest BCUT2D eigenvalue weighted by Gasteiger charge is -2.55. The van der Waals surface area contributed by atoms with Crippen molar-refractivity contribution in [3.05, 3.63) is 40.3 Å². The third-order valence-corrected chi connectivity index (χ3v) is 11.5. The first kappa shape index (κ1) is 30.9. The molecule has 2 saturated heterocycles. The fourth-order valence-electron chi connectivity index (χ4n) is 8.87. The highest BCUT2D eigenvalue weighted by atomic mass is 16.6. The summed E-state index contributed by atoms with van der Waals surface area (Å²) in [5.74, 6) is 0.0974. The van der Waals surface area contributed by atoms with Gasteiger partial charge in [0.15, 0.2) is 5.69 Å². The number of para-hydroxylation sites is 2. The summed E-state index contributed by atoms with van der Waals surface area (Å²) >= 11 is 0. The summed E-state index contributed by atoms with van der Waals surface area (Å²) in [5.41, 5.74) is -0.0347. The van der Waals surface area contributed by atoms with E-state index in [1.54, 1.807) is 17.7 Å². The minimum atomic E-state index is -1.42. The second-order valence-electron chi connectivity index (χ2n) is 13.9. The minimum absolute atomic E-state index is 0.0616. The van der Waals surface area contributed by atoms with Crippen molar-refractivity contribution in [2.45, 2.75) is 109 Å². The minimum Gasteiger partial charge on any atom is -0.476 e. The highest BCUT2D eigenvalue weighted by Crippen LogP contribution is 2.47. The number of hydrogen-bond donors (Lipinski definition) is 1. The second kappa shape index (κ2) is 12.7. The molecule has 4 unspecified atom stereocenters. The van der Waals surface area contributed by atoms with Crippen LogP contribution in [0.4, 0.5) is 0 Å². The van der Waals surface area contributed by atoms with Gasteiger partial charge >= 0.3 is 11.9 Å². The Labute approximate surface area is 259 Å². The number of hydrogen-bond acceptors (Lipinski definition) is 7. The third-order valence-electron chi connectivity index (χ3n) is 11.5. The molecule has 4 aliphatic rings. The monoisotopic (exact) mass is 606 g/mol. The van der Waals surface area contributed by atoms with E-state index < -0.39 is 17.2 Å². The molecule has 2 aliphatic heterocycles. The third kappa shape index (κ3) is 5.83. The summed E-state index contributed by atoms with van der Waals surface area (Å²) < 4.78 is 1.93. The predicted molar refractivity (Wildman–Crippen MR) is 168 cm³/mol. The maximum Gasteiger partial charge on any atom is 0.360 e. The number of amides is 1. The highest BCUT2D eigenvalue weighted by Gasteiger charge is 2.45. The van der Waals surface area contributed by atoms with Gasteiger partial charge in [-0.3, -0.25) is 14.2 Å². The number of rotatable bonds is 9. The zero-order valence-electron chi connectivity index (χ0n) is 26.5. The second-order valence-corrected chi connectivity index (χ2v) is 13.9. The Balaban J connectivity index is 1.31. The summed E-state index contributed by atoms with van der Waals surface area (Å²) in [7, 11) is 1.80. The van der Waals surface area contributed by atoms with Gasteiger partial charge in [-0.05, 0) is 82.8 Å². The van der Waals surface area contributed by atoms with Crippen LogP contribution in [0, 0.1) is 11.8 Å². The van der Waals surface area contributed by atoms with E-state index in [0.29, 0.717) is 42.2 Å². The van der Waals surface area contributed by atoms with E-state index in [1.807, 2.05) is 32.0 Å². The molecule has 2 aliphatic carbocycles. The van der Waals surface area contributed by atoms with Gasteiger partial charge in [0.1, 0.15) is 0 Å². The normalized spacial score (nSPS) is 29.4. The van der Waals surface area contributed by atoms with Crippen molar-refractivity contribution in [3.63, 3.8) is 0 Å². The number of quaternary nitrogens is 1. The Kier molecular flexibility index (Phi) is 8.93. The Morgan fingerprint density at radius 1 is 0.932 bits per heavy atom. The molecule has 4 bridgehead atoms. The number of carbonyl (C=O) groups excluding carboxylic acids is 1. The maximum absolute atomic E-state index is 14.2. The first-order chi connectivity index (χ1) is 21.2. The largest absolute Gasteiger partial charge is 0.476 e. The molecule has 2 aromatic rings. The summed E-state index contributed by atoms with van der Waals surface area (Å²) in [6, 6.07) is 8.87. The van der Waals surface area contributed by atoms with Crippen LogP contribution in [0.5, 0.6) is 0 Å². The molecule has 4 fully saturated rings. The van der Waals surface area contributed by atoms with Gasteiger partial charge in [-0.25, -0.2) is 14.6 Å². The molecule has 3 heterocycles. The lowest BCUT2D eigenvalue weighted by molar-refractivity contribution is -0.831. The van der Waals surface area contributed by atoms with Crippen LogP contribution in [0.15, 0.2) is 34.2 Å². The topological polar surface area (TPSA) is 114 Å². The number of carbonyl (C=O) groups is 2. The molecule has 10 heteroatoms. The standard InChI is InChI=1S/C34H47N5O5/c1-4-39(3,5-2)30(40)21-44-36-32(34(42)43)31-33(41)38(29-15-7-6-14-28(29)35-31)27-19-24-12-9-13-25(20-27)37(24)26-17-22-10-8-11-23(16-22)18-26/h6-7,14-15,22-27H,4-5,8-13,16-21H2,1-3H3/p+1. The van der Waals surface area contributed by atoms with Crippen LogP contribution in [0.25, 0.3) is 11.0 Å². The molecule has 238 valence electrons. The molecule has 10 nitrogen and oxygen atoms in total. The maximum atomic E-state index is 14.2. The van der Waals surface area contributed by atoms with Crippen LogP contribution >= 0.6 is 0 Å². The van der Waals surface area contributed by atoms with E-state index in [2.05, 4.69) is 15.0 Å². The summed E-state index contributed by atoms with van der Waals surface area (Å²) in [6.45, 7) is 4.59. The van der Waals surface area contributed by atoms with Crippen molar-refractivity contribution in [2.24, 2.45) is 17.0 Å². The molecule has 1 N–H and O–H groups in total. The Morgan fingerprint density at radius 3 is 2.20 bits per heavy atom. The van der Waals surface area contributed by atoms with E-state index >= 15 is 0 Å². The first-order valence-electron chi connectivity index (χ1n) is 16.8. The van der Waals surface area contributed by atoms with Gasteiger partial charge in [0.25, 0.3) is 5.56 Å². The molecule has 1 amide bonds. The molecule has 1 aromatic heterocycles. The number of piperidine rings is 2. The van der Waals surface area contributed by atoms with E-state index in [9.17, 15) is 19.5 Å². The number of carboxylic acids is 1. The number of aromatic nitrogens is 2. The quantitative estimate of drug-likeness (QED) is 0.249. The van der Waals surface area contributed by atoms with E-state index in [0.717, 1.165) is 37.5 Å². The molecule has 4 atom stereocenters. The summed E-state index contributed by atoms with van der Waals surface area (Å²) in [5, 5.41) is 14.0. The smallest absolute Gasteiger partial charge is 0.360 e. The Bertz CT molecular complexity index is 1460. The van der Waals surface area contributed by atoms with Crippen LogP contribution in [0.2, 0.25) is 0 Å². The Hall–Kier alpha value is -3.11. The lowest BCUT2D eigenvalue weighted by Crippen LogP contribution is -2.58. The number of carboxylic acid groups (broad SMARTS) is 1. The molecule has 2 saturated carbocycles. The van der Waals surface area contributed by atoms with Crippen molar-refractivity contribution in [1.29, 1.82) is 0 Å². The van der Waals surface area contributed by atoms with Gasteiger partial charge < -0.3 is 14.5 Å². The molecule has 6 rings (SSSR count). The van der Waals surface area contributed by atoms with Gasteiger partial charge in [0.2, 0.25) is 12.3 Å². The predicted octanol–water partition coefficient (Wildman–Crippen LogP) is 4.74. The van der Waals surface area contributed by atoms with Crippen LogP contribution < -0.4 is 5.56 Å². The van der Waals surface area contributed by atoms with Crippen LogP contribution in [0.3, 0.4) is 0 Å². The van der Waals surface area contributed by atoms with Gasteiger partial charge in [-0.2, -0.15) is 0 Å². The molecule has 0 spiro atoms. The fourth-order valence-corrected chi connectivity index (χ4v) is 8.87. The van der Waals surface area contributed by atoms with Crippen molar-refractivity contribution in [2.75, 3.05) is 26.7 Å². The number of aliphatic carboxylic acids is 1. The van der Waals surface area contributed by atoms with Crippen LogP contribution in [-0.4, -0.2) is 86.5 Å². The first-order valence-corrected chi connectivity index (χ1v) is 16.8. The number of oxime groups is 1. The Morgan fingerprint density at radius 2 is 1.57 bits per heavy atom. The molecule has 0 radical (unpaired) electrons. The van der Waals surface area contributed by atoms with Gasteiger partial charge in [0.05, 0.1) is 31.2 Å². The molecular formula is C34H48N5O5+. The van der Waals surface area contributed by atoms with Gasteiger partial charge in [-0.15, -0.1) is 0 Å². The zero-order valence-corrected chi connectivity index (χ0v) is 26.5. The van der Waals surface area contributed by atoms with Crippen molar-refractivity contribution in [1.82, 2.24) is 14.5 Å². The van der Waals surface area contributed by atoms with E-state index in [-0.39, 0.29) is 28.7 Å². The van der Waals surface area contributed by atoms with Gasteiger partial charge in [-0.1, -0.05) is 43.0 Å². The molecular weight excluding hydrogens is 558 g/mol. The van der Waals surface area contributed by atoms with Crippen molar-refractivity contribution >= 4 is 28.6 Å². The number of likely N-dealkylation sites (N-methyl/N-ethyl adjacent to an activating group) is 1. The average Bonchev–Trinajstić information content (AvgIpc) is 3.01. The number of benzene rings is 1. The van der Waals surface area contributed by atoms with Crippen LogP contribution in [-0.2, 0) is 14.4 Å². The summed E-state index contributed by atoms with van der Waals surface area (Å²) in [4.78, 5) is 52.1. The van der Waals surface area contributed by atoms with Crippen molar-refractivity contribution < 1.29 is 24.0 Å². The molecule has 1 aromatic carbocycles. The fraction of sp³-hybridized carbons (Fsp3) is 0.676. The SMILES string of the molecule is CC[N+](C)(CC)C(=O)CON=C(C(=O)O)c1nc2ccccc2n(C2CC3CCCC(C2)N3C2CC3CCCC(C3)C2)c1=O. The summed E-state index contributed by atoms with van der Waals surface area (Å²) in [6.07, 6.45) is 13.4. The molecule has 44 heavy (non-hydrogen) atoms. The number of nitrogens with zero attached hydrogens (tertiary/aromatic N) is 5. The number of fused-ring (bicyclic) bond motifs is 5. The zero-order chi connectivity index (χ0) is 31.0. The van der Waals surface area contributed by atoms with Gasteiger partial charge in [0, 0.05) is 24.2 Å². The lowest BCUT2D eigenvalue weighted by atomic mass is 9.68. The van der Waals surface area contributed by atoms with Crippen LogP contribution in [0.1, 0.15) is 96.2 Å².